The van der Waals surface area contributed by atoms with Crippen molar-refractivity contribution in [2.24, 2.45) is 7.05 Å². The van der Waals surface area contributed by atoms with Crippen LogP contribution in [0.25, 0.3) is 11.0 Å². The summed E-state index contributed by atoms with van der Waals surface area (Å²) in [5.41, 5.74) is 10.3. The number of aryl methyl sites for hydroxylation is 2. The molecule has 1 amide bonds. The van der Waals surface area contributed by atoms with Crippen LogP contribution < -0.4 is 11.1 Å². The number of nitrogens with one attached hydrogen (secondary N) is 1. The highest BCUT2D eigenvalue weighted by Crippen LogP contribution is 2.35. The van der Waals surface area contributed by atoms with E-state index >= 15 is 0 Å². The number of rotatable bonds is 4. The average molecular weight is 420 g/mol. The zero-order valence-corrected chi connectivity index (χ0v) is 17.6. The van der Waals surface area contributed by atoms with Crippen molar-refractivity contribution in [2.45, 2.75) is 32.2 Å². The number of amides is 1. The van der Waals surface area contributed by atoms with Crippen LogP contribution in [0.15, 0.2) is 18.3 Å². The van der Waals surface area contributed by atoms with Crippen molar-refractivity contribution in [3.8, 4) is 6.07 Å². The molecule has 1 aliphatic heterocycles. The first-order valence-electron chi connectivity index (χ1n) is 10.0. The molecule has 3 aromatic heterocycles. The van der Waals surface area contributed by atoms with Gasteiger partial charge in [0.25, 0.3) is 0 Å². The Kier molecular flexibility index (Phi) is 5.10. The predicted octanol–water partition coefficient (Wildman–Crippen LogP) is 2.77. The highest BCUT2D eigenvalue weighted by molar-refractivity contribution is 5.77. The number of pyridine rings is 1. The lowest BCUT2D eigenvalue weighted by Gasteiger charge is -2.22. The van der Waals surface area contributed by atoms with Gasteiger partial charge in [0.15, 0.2) is 0 Å². The van der Waals surface area contributed by atoms with E-state index in [2.05, 4.69) is 27.4 Å². The number of aromatic nitrogens is 4. The molecule has 10 heteroatoms. The van der Waals surface area contributed by atoms with Crippen molar-refractivity contribution < 1.29 is 9.90 Å². The van der Waals surface area contributed by atoms with Gasteiger partial charge < -0.3 is 25.6 Å². The van der Waals surface area contributed by atoms with Crippen molar-refractivity contribution in [1.29, 1.82) is 5.26 Å². The van der Waals surface area contributed by atoms with Gasteiger partial charge in [-0.1, -0.05) is 0 Å². The van der Waals surface area contributed by atoms with Crippen molar-refractivity contribution in [3.63, 3.8) is 0 Å². The maximum Gasteiger partial charge on any atom is 0.407 e. The van der Waals surface area contributed by atoms with E-state index in [9.17, 15) is 15.2 Å². The van der Waals surface area contributed by atoms with Gasteiger partial charge in [0.05, 0.1) is 28.5 Å². The molecule has 160 valence electrons. The quantitative estimate of drug-likeness (QED) is 0.584. The molecule has 0 radical (unpaired) electrons. The summed E-state index contributed by atoms with van der Waals surface area (Å²) in [7, 11) is 1.96. The Balaban J connectivity index is 1.76. The average Bonchev–Trinajstić information content (AvgIpc) is 3.34. The normalized spacial score (nSPS) is 17.0. The summed E-state index contributed by atoms with van der Waals surface area (Å²) >= 11 is 0. The predicted molar refractivity (Wildman–Crippen MR) is 116 cm³/mol. The molecule has 1 aliphatic rings. The van der Waals surface area contributed by atoms with E-state index in [1.54, 1.807) is 6.92 Å². The van der Waals surface area contributed by atoms with Crippen molar-refractivity contribution in [3.05, 3.63) is 40.8 Å². The van der Waals surface area contributed by atoms with Gasteiger partial charge in [0, 0.05) is 32.3 Å². The third-order valence-electron chi connectivity index (χ3n) is 5.81. The maximum absolute atomic E-state index is 11.4. The van der Waals surface area contributed by atoms with Crippen LogP contribution in [0.3, 0.4) is 0 Å². The number of fused-ring (bicyclic) bond motifs is 1. The third kappa shape index (κ3) is 3.70. The summed E-state index contributed by atoms with van der Waals surface area (Å²) in [6.45, 7) is 4.58. The third-order valence-corrected chi connectivity index (χ3v) is 5.81. The molecule has 10 nitrogen and oxygen atoms in total. The van der Waals surface area contributed by atoms with Gasteiger partial charge in [0.2, 0.25) is 5.95 Å². The Morgan fingerprint density at radius 3 is 2.87 bits per heavy atom. The molecule has 4 heterocycles. The number of nitrogen functional groups attached to an aromatic ring is 1. The van der Waals surface area contributed by atoms with Gasteiger partial charge in [0.1, 0.15) is 17.5 Å². The lowest BCUT2D eigenvalue weighted by Crippen LogP contribution is -2.26. The number of nitrogens with two attached hydrogens (primary N) is 1. The number of carboxylic acid groups (broad SMARTS) is 1. The smallest absolute Gasteiger partial charge is 0.407 e. The Morgan fingerprint density at radius 2 is 2.19 bits per heavy atom. The summed E-state index contributed by atoms with van der Waals surface area (Å²) in [5.74, 6) is 0.486. The molecule has 1 saturated heterocycles. The van der Waals surface area contributed by atoms with Crippen LogP contribution in [0.2, 0.25) is 0 Å². The van der Waals surface area contributed by atoms with Crippen LogP contribution in [-0.2, 0) is 7.05 Å². The van der Waals surface area contributed by atoms with Gasteiger partial charge in [-0.3, -0.25) is 0 Å². The molecule has 4 rings (SSSR count). The topological polar surface area (TPSA) is 146 Å². The summed E-state index contributed by atoms with van der Waals surface area (Å²) in [5, 5.41) is 22.2. The molecule has 0 aromatic carbocycles. The summed E-state index contributed by atoms with van der Waals surface area (Å²) in [6, 6.07) is 5.88. The Labute approximate surface area is 179 Å². The second-order valence-corrected chi connectivity index (χ2v) is 7.88. The highest BCUT2D eigenvalue weighted by Gasteiger charge is 2.31. The van der Waals surface area contributed by atoms with Crippen molar-refractivity contribution in [1.82, 2.24) is 24.4 Å². The second kappa shape index (κ2) is 7.75. The number of hydrogen-bond acceptors (Lipinski definition) is 7. The molecule has 0 aliphatic carbocycles. The van der Waals surface area contributed by atoms with Crippen LogP contribution in [0, 0.1) is 18.3 Å². The molecular weight excluding hydrogens is 396 g/mol. The Bertz CT molecular complexity index is 1210. The molecular formula is C21H24N8O2. The minimum atomic E-state index is -0.909. The summed E-state index contributed by atoms with van der Waals surface area (Å²) < 4.78 is 2.00. The molecule has 0 unspecified atom stereocenters. The van der Waals surface area contributed by atoms with E-state index in [0.29, 0.717) is 30.2 Å². The van der Waals surface area contributed by atoms with E-state index in [1.807, 2.05) is 30.8 Å². The first-order valence-corrected chi connectivity index (χ1v) is 10.0. The fourth-order valence-electron chi connectivity index (χ4n) is 4.18. The second-order valence-electron chi connectivity index (χ2n) is 7.88. The largest absolute Gasteiger partial charge is 0.465 e. The van der Waals surface area contributed by atoms with Gasteiger partial charge in [-0.15, -0.1) is 0 Å². The van der Waals surface area contributed by atoms with E-state index < -0.39 is 6.09 Å². The zero-order chi connectivity index (χ0) is 22.3. The van der Waals surface area contributed by atoms with Gasteiger partial charge >= 0.3 is 6.09 Å². The number of nitrogens with zero attached hydrogens (tertiary/aromatic N) is 6. The van der Waals surface area contributed by atoms with Gasteiger partial charge in [-0.05, 0) is 38.0 Å². The molecule has 0 spiro atoms. The van der Waals surface area contributed by atoms with Gasteiger partial charge in [-0.25, -0.2) is 14.8 Å². The van der Waals surface area contributed by atoms with Crippen LogP contribution in [0.4, 0.5) is 16.6 Å². The molecule has 4 N–H and O–H groups in total. The molecule has 0 bridgehead atoms. The summed E-state index contributed by atoms with van der Waals surface area (Å²) in [6.07, 6.45) is 1.77. The maximum atomic E-state index is 11.4. The SMILES string of the molecule is Cc1nc(N)nc(N[C@@H](C)c2nc3ccn(C)c3cc2[C@@H]2CCN(C(=O)O)C2)c1C#N. The van der Waals surface area contributed by atoms with Crippen LogP contribution >= 0.6 is 0 Å². The highest BCUT2D eigenvalue weighted by atomic mass is 16.4. The lowest BCUT2D eigenvalue weighted by molar-refractivity contribution is 0.155. The minimum absolute atomic E-state index is 0.0368. The standard InChI is InChI=1S/C21H24N8O2/c1-11-15(9-22)19(27-20(23)25-11)24-12(2)18-14(13-4-7-29(10-13)21(30)31)8-17-16(26-18)5-6-28(17)3/h5-6,8,12-13H,4,7,10H2,1-3H3,(H,30,31)(H3,23,24,25,27)/t12-,13+/m0/s1. The van der Waals surface area contributed by atoms with Gasteiger partial charge in [-0.2, -0.15) is 10.2 Å². The minimum Gasteiger partial charge on any atom is -0.465 e. The number of hydrogen-bond donors (Lipinski definition) is 3. The van der Waals surface area contributed by atoms with Crippen molar-refractivity contribution in [2.75, 3.05) is 24.1 Å². The number of carbonyl (C=O) groups is 1. The number of nitriles is 1. The van der Waals surface area contributed by atoms with E-state index in [1.165, 1.54) is 4.90 Å². The van der Waals surface area contributed by atoms with E-state index in [4.69, 9.17) is 10.7 Å². The fourth-order valence-corrected chi connectivity index (χ4v) is 4.18. The molecule has 2 atom stereocenters. The summed E-state index contributed by atoms with van der Waals surface area (Å²) in [4.78, 5) is 26.0. The lowest BCUT2D eigenvalue weighted by atomic mass is 9.93. The first kappa shape index (κ1) is 20.4. The molecule has 31 heavy (non-hydrogen) atoms. The first-order chi connectivity index (χ1) is 14.8. The van der Waals surface area contributed by atoms with E-state index in [0.717, 1.165) is 28.7 Å². The Morgan fingerprint density at radius 1 is 1.42 bits per heavy atom. The van der Waals surface area contributed by atoms with Crippen LogP contribution in [0.1, 0.15) is 47.8 Å². The molecule has 3 aromatic rings. The number of anilines is 2. The number of likely N-dealkylation sites (tertiary alicyclic amines) is 1. The van der Waals surface area contributed by atoms with Crippen molar-refractivity contribution >= 4 is 28.9 Å². The molecule has 1 fully saturated rings. The molecule has 0 saturated carbocycles. The zero-order valence-electron chi connectivity index (χ0n) is 17.6. The fraction of sp³-hybridized carbons (Fsp3) is 0.381. The monoisotopic (exact) mass is 420 g/mol. The van der Waals surface area contributed by atoms with E-state index in [-0.39, 0.29) is 17.9 Å². The Hall–Kier alpha value is -3.87. The van der Waals surface area contributed by atoms with Crippen LogP contribution in [0.5, 0.6) is 0 Å². The van der Waals surface area contributed by atoms with Crippen LogP contribution in [-0.4, -0.2) is 48.7 Å².